The van der Waals surface area contributed by atoms with Gasteiger partial charge in [0.1, 0.15) is 12.0 Å². The highest BCUT2D eigenvalue weighted by atomic mass is 15.2. The van der Waals surface area contributed by atoms with E-state index in [1.165, 1.54) is 0 Å². The maximum absolute atomic E-state index is 6.05. The lowest BCUT2D eigenvalue weighted by Crippen LogP contribution is -2.21. The molecule has 1 aliphatic rings. The zero-order chi connectivity index (χ0) is 8.89. The van der Waals surface area contributed by atoms with Gasteiger partial charge in [0.15, 0.2) is 5.65 Å². The monoisotopic (exact) mass is 175 g/mol. The number of fused-ring (bicyclic) bond motifs is 1. The Morgan fingerprint density at radius 2 is 2.31 bits per heavy atom. The molecule has 2 N–H and O–H groups in total. The third kappa shape index (κ3) is 0.874. The first-order valence-corrected chi connectivity index (χ1v) is 4.23. The molecular weight excluding hydrogens is 166 g/mol. The topological polar surface area (TPSA) is 69.1 Å². The zero-order valence-electron chi connectivity index (χ0n) is 7.01. The van der Waals surface area contributed by atoms with Crippen LogP contribution in [0.5, 0.6) is 0 Å². The van der Waals surface area contributed by atoms with E-state index in [2.05, 4.69) is 15.2 Å². The Kier molecular flexibility index (Phi) is 1.10. The Morgan fingerprint density at radius 3 is 3.08 bits per heavy atom. The molecule has 5 nitrogen and oxygen atoms in total. The van der Waals surface area contributed by atoms with E-state index < -0.39 is 0 Å². The van der Waals surface area contributed by atoms with E-state index >= 15 is 0 Å². The van der Waals surface area contributed by atoms with Gasteiger partial charge in [0, 0.05) is 12.4 Å². The van der Waals surface area contributed by atoms with Crippen molar-refractivity contribution in [2.45, 2.75) is 18.4 Å². The second-order valence-corrected chi connectivity index (χ2v) is 3.49. The van der Waals surface area contributed by atoms with Crippen LogP contribution in [-0.4, -0.2) is 19.6 Å². The number of nitrogens with zero attached hydrogens (tertiary/aromatic N) is 4. The van der Waals surface area contributed by atoms with Crippen molar-refractivity contribution in [2.24, 2.45) is 5.73 Å². The minimum Gasteiger partial charge on any atom is -0.320 e. The van der Waals surface area contributed by atoms with Crippen molar-refractivity contribution in [2.75, 3.05) is 0 Å². The number of rotatable bonds is 1. The van der Waals surface area contributed by atoms with E-state index in [4.69, 9.17) is 5.73 Å². The summed E-state index contributed by atoms with van der Waals surface area (Å²) in [6.07, 6.45) is 7.20. The van der Waals surface area contributed by atoms with Crippen molar-refractivity contribution in [1.29, 1.82) is 0 Å². The van der Waals surface area contributed by atoms with Crippen LogP contribution in [0.3, 0.4) is 0 Å². The highest BCUT2D eigenvalue weighted by Crippen LogP contribution is 2.42. The zero-order valence-corrected chi connectivity index (χ0v) is 7.01. The van der Waals surface area contributed by atoms with Gasteiger partial charge >= 0.3 is 0 Å². The SMILES string of the molecule is NC1(c2nccn3cnnc23)CC1. The summed E-state index contributed by atoms with van der Waals surface area (Å²) in [5.74, 6) is 0. The van der Waals surface area contributed by atoms with E-state index in [-0.39, 0.29) is 5.54 Å². The van der Waals surface area contributed by atoms with Crippen molar-refractivity contribution in [3.05, 3.63) is 24.4 Å². The molecule has 2 heterocycles. The van der Waals surface area contributed by atoms with E-state index in [1.807, 2.05) is 10.6 Å². The number of hydrogen-bond acceptors (Lipinski definition) is 4. The van der Waals surface area contributed by atoms with Crippen molar-refractivity contribution in [3.8, 4) is 0 Å². The van der Waals surface area contributed by atoms with Gasteiger partial charge in [-0.05, 0) is 12.8 Å². The fourth-order valence-electron chi connectivity index (χ4n) is 1.48. The molecule has 1 aliphatic carbocycles. The molecule has 1 saturated carbocycles. The first-order chi connectivity index (χ1) is 6.30. The fourth-order valence-corrected chi connectivity index (χ4v) is 1.48. The molecule has 0 unspecified atom stereocenters. The van der Waals surface area contributed by atoms with Gasteiger partial charge in [0.05, 0.1) is 5.54 Å². The number of hydrogen-bond donors (Lipinski definition) is 1. The summed E-state index contributed by atoms with van der Waals surface area (Å²) >= 11 is 0. The fraction of sp³-hybridized carbons (Fsp3) is 0.375. The smallest absolute Gasteiger partial charge is 0.184 e. The van der Waals surface area contributed by atoms with Crippen molar-refractivity contribution in [1.82, 2.24) is 19.6 Å². The predicted molar refractivity (Wildman–Crippen MR) is 45.9 cm³/mol. The largest absolute Gasteiger partial charge is 0.320 e. The van der Waals surface area contributed by atoms with Crippen LogP contribution in [0.4, 0.5) is 0 Å². The van der Waals surface area contributed by atoms with Gasteiger partial charge in [0.25, 0.3) is 0 Å². The molecule has 13 heavy (non-hydrogen) atoms. The van der Waals surface area contributed by atoms with E-state index in [0.717, 1.165) is 24.2 Å². The summed E-state index contributed by atoms with van der Waals surface area (Å²) in [5, 5.41) is 7.82. The standard InChI is InChI=1S/C8H9N5/c9-8(1-2-8)6-7-12-11-5-13(7)4-3-10-6/h3-5H,1-2,9H2. The molecule has 0 bridgehead atoms. The average Bonchev–Trinajstić information content (AvgIpc) is 2.72. The molecule has 2 aromatic rings. The van der Waals surface area contributed by atoms with E-state index in [9.17, 15) is 0 Å². The van der Waals surface area contributed by atoms with Crippen LogP contribution in [0.1, 0.15) is 18.5 Å². The van der Waals surface area contributed by atoms with E-state index in [1.54, 1.807) is 12.5 Å². The number of aromatic nitrogens is 4. The summed E-state index contributed by atoms with van der Waals surface area (Å²) in [6.45, 7) is 0. The summed E-state index contributed by atoms with van der Waals surface area (Å²) < 4.78 is 1.84. The maximum atomic E-state index is 6.05. The molecule has 3 rings (SSSR count). The Balaban J connectivity index is 2.33. The molecule has 0 saturated heterocycles. The predicted octanol–water partition coefficient (Wildman–Crippen LogP) is 0.0721. The van der Waals surface area contributed by atoms with Gasteiger partial charge in [-0.2, -0.15) is 0 Å². The van der Waals surface area contributed by atoms with Crippen LogP contribution in [0.15, 0.2) is 18.7 Å². The molecule has 2 aromatic heterocycles. The molecule has 0 aromatic carbocycles. The third-order valence-electron chi connectivity index (χ3n) is 2.48. The van der Waals surface area contributed by atoms with Crippen molar-refractivity contribution >= 4 is 5.65 Å². The Morgan fingerprint density at radius 1 is 1.46 bits per heavy atom. The lowest BCUT2D eigenvalue weighted by Gasteiger charge is -2.07. The summed E-state index contributed by atoms with van der Waals surface area (Å²) in [4.78, 5) is 4.26. The van der Waals surface area contributed by atoms with Crippen LogP contribution < -0.4 is 5.73 Å². The summed E-state index contributed by atoms with van der Waals surface area (Å²) in [7, 11) is 0. The molecular formula is C8H9N5. The molecule has 0 aliphatic heterocycles. The highest BCUT2D eigenvalue weighted by molar-refractivity contribution is 5.48. The Labute approximate surface area is 74.6 Å². The minimum atomic E-state index is -0.241. The van der Waals surface area contributed by atoms with Gasteiger partial charge in [-0.1, -0.05) is 0 Å². The third-order valence-corrected chi connectivity index (χ3v) is 2.48. The first kappa shape index (κ1) is 6.97. The van der Waals surface area contributed by atoms with E-state index in [0.29, 0.717) is 0 Å². The molecule has 0 spiro atoms. The van der Waals surface area contributed by atoms with Gasteiger partial charge in [-0.25, -0.2) is 0 Å². The lowest BCUT2D eigenvalue weighted by atomic mass is 10.2. The van der Waals surface area contributed by atoms with Gasteiger partial charge in [0.2, 0.25) is 0 Å². The van der Waals surface area contributed by atoms with Gasteiger partial charge < -0.3 is 5.73 Å². The summed E-state index contributed by atoms with van der Waals surface area (Å²) in [6, 6.07) is 0. The van der Waals surface area contributed by atoms with Crippen LogP contribution in [-0.2, 0) is 5.54 Å². The van der Waals surface area contributed by atoms with Crippen LogP contribution in [0.2, 0.25) is 0 Å². The van der Waals surface area contributed by atoms with Crippen molar-refractivity contribution in [3.63, 3.8) is 0 Å². The lowest BCUT2D eigenvalue weighted by molar-refractivity contribution is 0.706. The minimum absolute atomic E-state index is 0.241. The molecule has 0 radical (unpaired) electrons. The van der Waals surface area contributed by atoms with Gasteiger partial charge in [-0.3, -0.25) is 9.38 Å². The number of nitrogens with two attached hydrogens (primary N) is 1. The quantitative estimate of drug-likeness (QED) is 0.666. The van der Waals surface area contributed by atoms with Crippen LogP contribution in [0.25, 0.3) is 5.65 Å². The average molecular weight is 175 g/mol. The van der Waals surface area contributed by atoms with Crippen LogP contribution >= 0.6 is 0 Å². The van der Waals surface area contributed by atoms with Crippen LogP contribution in [0, 0.1) is 0 Å². The molecule has 0 atom stereocenters. The first-order valence-electron chi connectivity index (χ1n) is 4.23. The van der Waals surface area contributed by atoms with Crippen molar-refractivity contribution < 1.29 is 0 Å². The van der Waals surface area contributed by atoms with Gasteiger partial charge in [-0.15, -0.1) is 10.2 Å². The Bertz CT molecular complexity index is 456. The molecule has 5 heteroatoms. The molecule has 66 valence electrons. The summed E-state index contributed by atoms with van der Waals surface area (Å²) in [5.41, 5.74) is 7.46. The Hall–Kier alpha value is -1.49. The molecule has 0 amide bonds. The second kappa shape index (κ2) is 2.05. The molecule has 1 fully saturated rings. The second-order valence-electron chi connectivity index (χ2n) is 3.49. The highest BCUT2D eigenvalue weighted by Gasteiger charge is 2.43. The normalized spacial score (nSPS) is 19.2. The maximum Gasteiger partial charge on any atom is 0.184 e.